The van der Waals surface area contributed by atoms with Crippen molar-refractivity contribution >= 4 is 33.1 Å². The number of hydrogen-bond donors (Lipinski definition) is 1. The van der Waals surface area contributed by atoms with Gasteiger partial charge >= 0.3 is 0 Å². The predicted molar refractivity (Wildman–Crippen MR) is 73.4 cm³/mol. The maximum atomic E-state index is 4.43. The Hall–Kier alpha value is -1.01. The molecule has 2 heterocycles. The Labute approximate surface area is 113 Å². The van der Waals surface area contributed by atoms with Crippen molar-refractivity contribution < 1.29 is 0 Å². The molecule has 0 bridgehead atoms. The highest BCUT2D eigenvalue weighted by Crippen LogP contribution is 2.28. The largest absolute Gasteiger partial charge is 0.362 e. The molecule has 4 nitrogen and oxygen atoms in total. The molecule has 1 unspecified atom stereocenters. The van der Waals surface area contributed by atoms with Crippen molar-refractivity contribution in [2.24, 2.45) is 0 Å². The summed E-state index contributed by atoms with van der Waals surface area (Å²) in [5.74, 6) is 0.804. The molecular formula is C11H13BrN4S. The molecule has 2 aromatic heterocycles. The lowest BCUT2D eigenvalue weighted by Gasteiger charge is -2.14. The Balaban J connectivity index is 2.20. The quantitative estimate of drug-likeness (QED) is 0.942. The molecule has 6 heteroatoms. The van der Waals surface area contributed by atoms with Crippen molar-refractivity contribution in [1.29, 1.82) is 0 Å². The molecule has 90 valence electrons. The SMILES string of the molecule is Cc1nc(C)c(C(C)Nc2ncncc2Br)s1. The molecule has 1 N–H and O–H groups in total. The summed E-state index contributed by atoms with van der Waals surface area (Å²) in [6, 6.07) is 0.187. The number of halogens is 1. The Morgan fingerprint density at radius 2 is 2.18 bits per heavy atom. The molecule has 0 aliphatic rings. The minimum absolute atomic E-state index is 0.187. The Bertz CT molecular complexity index is 526. The fourth-order valence-electron chi connectivity index (χ4n) is 1.64. The van der Waals surface area contributed by atoms with E-state index in [1.165, 1.54) is 11.2 Å². The first kappa shape index (κ1) is 12.4. The van der Waals surface area contributed by atoms with Crippen LogP contribution in [0.1, 0.15) is 28.5 Å². The lowest BCUT2D eigenvalue weighted by Crippen LogP contribution is -2.08. The molecule has 0 radical (unpaired) electrons. The number of anilines is 1. The molecule has 0 aromatic carbocycles. The first-order valence-corrected chi connectivity index (χ1v) is 6.85. The van der Waals surface area contributed by atoms with Crippen LogP contribution < -0.4 is 5.32 Å². The number of thiazole rings is 1. The first-order chi connectivity index (χ1) is 8.08. The molecular weight excluding hydrogens is 300 g/mol. The van der Waals surface area contributed by atoms with Crippen molar-refractivity contribution in [2.75, 3.05) is 5.32 Å². The van der Waals surface area contributed by atoms with Crippen molar-refractivity contribution in [2.45, 2.75) is 26.8 Å². The van der Waals surface area contributed by atoms with Gasteiger partial charge in [0.1, 0.15) is 12.1 Å². The third-order valence-electron chi connectivity index (χ3n) is 2.35. The van der Waals surface area contributed by atoms with Gasteiger partial charge in [0.05, 0.1) is 21.2 Å². The van der Waals surface area contributed by atoms with E-state index in [0.717, 1.165) is 21.0 Å². The maximum absolute atomic E-state index is 4.43. The van der Waals surface area contributed by atoms with Gasteiger partial charge in [0.2, 0.25) is 0 Å². The van der Waals surface area contributed by atoms with Gasteiger partial charge in [-0.05, 0) is 36.7 Å². The number of hydrogen-bond acceptors (Lipinski definition) is 5. The smallest absolute Gasteiger partial charge is 0.144 e. The summed E-state index contributed by atoms with van der Waals surface area (Å²) in [5.41, 5.74) is 1.08. The fourth-order valence-corrected chi connectivity index (χ4v) is 2.90. The zero-order valence-electron chi connectivity index (χ0n) is 9.86. The highest BCUT2D eigenvalue weighted by atomic mass is 79.9. The summed E-state index contributed by atoms with van der Waals surface area (Å²) in [6.45, 7) is 6.16. The average molecular weight is 313 g/mol. The Morgan fingerprint density at radius 3 is 2.76 bits per heavy atom. The van der Waals surface area contributed by atoms with Crippen LogP contribution in [0.25, 0.3) is 0 Å². The van der Waals surface area contributed by atoms with Crippen LogP contribution >= 0.6 is 27.3 Å². The zero-order valence-corrected chi connectivity index (χ0v) is 12.3. The number of nitrogens with zero attached hydrogens (tertiary/aromatic N) is 3. The Morgan fingerprint density at radius 1 is 1.41 bits per heavy atom. The van der Waals surface area contributed by atoms with E-state index in [4.69, 9.17) is 0 Å². The summed E-state index contributed by atoms with van der Waals surface area (Å²) in [6.07, 6.45) is 3.26. The van der Waals surface area contributed by atoms with Crippen LogP contribution in [0.4, 0.5) is 5.82 Å². The average Bonchev–Trinajstić information content (AvgIpc) is 2.61. The Kier molecular flexibility index (Phi) is 3.73. The lowest BCUT2D eigenvalue weighted by molar-refractivity contribution is 0.875. The second-order valence-corrected chi connectivity index (χ2v) is 5.86. The lowest BCUT2D eigenvalue weighted by atomic mass is 10.2. The number of nitrogens with one attached hydrogen (secondary N) is 1. The monoisotopic (exact) mass is 312 g/mol. The van der Waals surface area contributed by atoms with Crippen LogP contribution in [-0.4, -0.2) is 15.0 Å². The first-order valence-electron chi connectivity index (χ1n) is 5.24. The van der Waals surface area contributed by atoms with Gasteiger partial charge in [-0.15, -0.1) is 11.3 Å². The van der Waals surface area contributed by atoms with Crippen LogP contribution in [0, 0.1) is 13.8 Å². The number of aryl methyl sites for hydroxylation is 2. The third kappa shape index (κ3) is 2.81. The third-order valence-corrected chi connectivity index (χ3v) is 4.19. The van der Waals surface area contributed by atoms with Crippen molar-refractivity contribution in [3.8, 4) is 0 Å². The van der Waals surface area contributed by atoms with E-state index in [9.17, 15) is 0 Å². The molecule has 17 heavy (non-hydrogen) atoms. The van der Waals surface area contributed by atoms with E-state index < -0.39 is 0 Å². The van der Waals surface area contributed by atoms with Gasteiger partial charge in [-0.1, -0.05) is 0 Å². The second-order valence-electron chi connectivity index (χ2n) is 3.77. The van der Waals surface area contributed by atoms with Gasteiger partial charge in [-0.3, -0.25) is 0 Å². The van der Waals surface area contributed by atoms with Gasteiger partial charge in [-0.2, -0.15) is 0 Å². The van der Waals surface area contributed by atoms with Crippen LogP contribution in [0.3, 0.4) is 0 Å². The van der Waals surface area contributed by atoms with E-state index in [1.807, 2.05) is 13.8 Å². The summed E-state index contributed by atoms with van der Waals surface area (Å²) >= 11 is 5.14. The summed E-state index contributed by atoms with van der Waals surface area (Å²) < 4.78 is 0.866. The zero-order chi connectivity index (χ0) is 12.4. The minimum Gasteiger partial charge on any atom is -0.362 e. The van der Waals surface area contributed by atoms with Crippen molar-refractivity contribution in [3.63, 3.8) is 0 Å². The minimum atomic E-state index is 0.187. The molecule has 0 aliphatic carbocycles. The summed E-state index contributed by atoms with van der Waals surface area (Å²) in [7, 11) is 0. The van der Waals surface area contributed by atoms with Crippen molar-refractivity contribution in [3.05, 3.63) is 32.6 Å². The standard InChI is InChI=1S/C11H13BrN4S/c1-6-10(17-8(3)15-6)7(2)16-11-9(12)4-13-5-14-11/h4-5,7H,1-3H3,(H,13,14,16). The molecule has 1 atom stereocenters. The van der Waals surface area contributed by atoms with Crippen LogP contribution in [0.15, 0.2) is 17.0 Å². The van der Waals surface area contributed by atoms with E-state index in [0.29, 0.717) is 0 Å². The van der Waals surface area contributed by atoms with Crippen LogP contribution in [-0.2, 0) is 0 Å². The summed E-state index contributed by atoms with van der Waals surface area (Å²) in [5, 5.41) is 4.44. The topological polar surface area (TPSA) is 50.7 Å². The highest BCUT2D eigenvalue weighted by Gasteiger charge is 2.14. The molecule has 0 amide bonds. The molecule has 0 saturated carbocycles. The van der Waals surface area contributed by atoms with Gasteiger partial charge in [0, 0.05) is 11.1 Å². The highest BCUT2D eigenvalue weighted by molar-refractivity contribution is 9.10. The molecule has 2 aromatic rings. The fraction of sp³-hybridized carbons (Fsp3) is 0.364. The van der Waals surface area contributed by atoms with Gasteiger partial charge in [-0.25, -0.2) is 15.0 Å². The molecule has 0 fully saturated rings. The predicted octanol–water partition coefficient (Wildman–Crippen LogP) is 3.49. The number of rotatable bonds is 3. The molecule has 0 spiro atoms. The maximum Gasteiger partial charge on any atom is 0.144 e. The van der Waals surface area contributed by atoms with Crippen LogP contribution in [0.5, 0.6) is 0 Å². The molecule has 0 aliphatic heterocycles. The van der Waals surface area contributed by atoms with E-state index in [1.54, 1.807) is 17.5 Å². The van der Waals surface area contributed by atoms with Crippen molar-refractivity contribution in [1.82, 2.24) is 15.0 Å². The van der Waals surface area contributed by atoms with E-state index in [2.05, 4.69) is 43.1 Å². The van der Waals surface area contributed by atoms with Gasteiger partial charge in [0.15, 0.2) is 0 Å². The van der Waals surface area contributed by atoms with Gasteiger partial charge < -0.3 is 5.32 Å². The van der Waals surface area contributed by atoms with E-state index >= 15 is 0 Å². The number of aromatic nitrogens is 3. The van der Waals surface area contributed by atoms with Crippen LogP contribution in [0.2, 0.25) is 0 Å². The molecule has 0 saturated heterocycles. The van der Waals surface area contributed by atoms with E-state index in [-0.39, 0.29) is 6.04 Å². The summed E-state index contributed by atoms with van der Waals surface area (Å²) in [4.78, 5) is 13.8. The normalized spacial score (nSPS) is 12.5. The van der Waals surface area contributed by atoms with Gasteiger partial charge in [0.25, 0.3) is 0 Å². The molecule has 2 rings (SSSR count). The second kappa shape index (κ2) is 5.10.